The van der Waals surface area contributed by atoms with Gasteiger partial charge < -0.3 is 25.8 Å². The summed E-state index contributed by atoms with van der Waals surface area (Å²) < 4.78 is 11.5. The van der Waals surface area contributed by atoms with Crippen LogP contribution in [0.1, 0.15) is 57.9 Å². The van der Waals surface area contributed by atoms with Crippen LogP contribution in [0.4, 0.5) is 10.5 Å². The van der Waals surface area contributed by atoms with Crippen LogP contribution in [-0.2, 0) is 10.3 Å². The molecule has 0 saturated heterocycles. The van der Waals surface area contributed by atoms with Crippen LogP contribution in [0.3, 0.4) is 0 Å². The highest BCUT2D eigenvalue weighted by Crippen LogP contribution is 2.39. The topological polar surface area (TPSA) is 85.6 Å². The molecule has 1 aliphatic rings. The van der Waals surface area contributed by atoms with E-state index in [1.807, 2.05) is 63.4 Å². The van der Waals surface area contributed by atoms with Gasteiger partial charge in [0, 0.05) is 11.3 Å². The third kappa shape index (κ3) is 4.67. The Morgan fingerprint density at radius 2 is 2.03 bits per heavy atom. The summed E-state index contributed by atoms with van der Waals surface area (Å²) in [6, 6.07) is 9.79. The van der Waals surface area contributed by atoms with Crippen LogP contribution >= 0.6 is 11.3 Å². The van der Waals surface area contributed by atoms with Crippen LogP contribution in [-0.4, -0.2) is 11.7 Å². The Balaban J connectivity index is 1.95. The molecule has 0 saturated carbocycles. The fourth-order valence-corrected chi connectivity index (χ4v) is 4.06. The van der Waals surface area contributed by atoms with E-state index >= 15 is 0 Å². The molecular weight excluding hydrogens is 386 g/mol. The maximum absolute atomic E-state index is 12.6. The van der Waals surface area contributed by atoms with Crippen LogP contribution in [0.2, 0.25) is 0 Å². The van der Waals surface area contributed by atoms with E-state index in [2.05, 4.69) is 17.6 Å². The Bertz CT molecular complexity index is 916. The molecule has 4 N–H and O–H groups in total. The number of nitrogens with one attached hydrogen (secondary N) is 2. The van der Waals surface area contributed by atoms with E-state index in [1.54, 1.807) is 11.3 Å². The Labute approximate surface area is 176 Å². The first-order valence-corrected chi connectivity index (χ1v) is 10.6. The predicted molar refractivity (Wildman–Crippen MR) is 117 cm³/mol. The fraction of sp³-hybridized carbons (Fsp3) is 0.409. The second kappa shape index (κ2) is 7.99. The summed E-state index contributed by atoms with van der Waals surface area (Å²) in [4.78, 5) is 13.6. The van der Waals surface area contributed by atoms with Crippen molar-refractivity contribution in [2.45, 2.75) is 58.6 Å². The molecule has 7 heteroatoms. The van der Waals surface area contributed by atoms with Gasteiger partial charge in [0.15, 0.2) is 5.75 Å². The summed E-state index contributed by atoms with van der Waals surface area (Å²) in [5.74, 6) is 1.99. The molecule has 2 aromatic rings. The number of benzene rings is 1. The molecule has 3 rings (SSSR count). The minimum atomic E-state index is -0.768. The third-order valence-corrected chi connectivity index (χ3v) is 5.69. The monoisotopic (exact) mass is 415 g/mol. The van der Waals surface area contributed by atoms with E-state index < -0.39 is 17.2 Å². The van der Waals surface area contributed by atoms with Crippen molar-refractivity contribution in [3.8, 4) is 5.75 Å². The van der Waals surface area contributed by atoms with Crippen molar-refractivity contribution in [3.63, 3.8) is 0 Å². The number of fused-ring (bicyclic) bond motifs is 1. The quantitative estimate of drug-likeness (QED) is 0.619. The number of nitrogens with two attached hydrogens (primary N) is 1. The number of amides is 1. The van der Waals surface area contributed by atoms with Crippen molar-refractivity contribution in [1.82, 2.24) is 5.32 Å². The number of allylic oxidation sites excluding steroid dienone is 1. The van der Waals surface area contributed by atoms with Crippen molar-refractivity contribution in [1.29, 1.82) is 0 Å². The highest BCUT2D eigenvalue weighted by molar-refractivity contribution is 7.10. The summed E-state index contributed by atoms with van der Waals surface area (Å²) in [6.45, 7) is 9.58. The van der Waals surface area contributed by atoms with E-state index in [1.165, 1.54) is 0 Å². The van der Waals surface area contributed by atoms with Gasteiger partial charge in [-0.2, -0.15) is 0 Å². The van der Waals surface area contributed by atoms with Gasteiger partial charge in [-0.3, -0.25) is 0 Å². The average Bonchev–Trinajstić information content (AvgIpc) is 3.15. The van der Waals surface area contributed by atoms with E-state index in [0.29, 0.717) is 5.82 Å². The van der Waals surface area contributed by atoms with Crippen LogP contribution in [0.5, 0.6) is 5.75 Å². The van der Waals surface area contributed by atoms with Gasteiger partial charge in [-0.1, -0.05) is 19.1 Å². The number of alkyl carbamates (subject to hydrolysis) is 1. The molecule has 0 fully saturated rings. The second-order valence-corrected chi connectivity index (χ2v) is 9.20. The van der Waals surface area contributed by atoms with Gasteiger partial charge in [-0.15, -0.1) is 11.3 Å². The molecule has 0 spiro atoms. The zero-order chi connectivity index (χ0) is 21.2. The molecule has 29 heavy (non-hydrogen) atoms. The predicted octanol–water partition coefficient (Wildman–Crippen LogP) is 5.27. The number of anilines is 1. The Hall–Kier alpha value is -2.67. The zero-order valence-corrected chi connectivity index (χ0v) is 18.4. The van der Waals surface area contributed by atoms with Crippen LogP contribution in [0.15, 0.2) is 47.3 Å². The molecule has 0 radical (unpaired) electrons. The molecular formula is C22H29N3O3S. The number of carbonyl (C=O) groups excluding carboxylic acids is 1. The fourth-order valence-electron chi connectivity index (χ4n) is 3.19. The maximum atomic E-state index is 12.6. The largest absolute Gasteiger partial charge is 0.456 e. The van der Waals surface area contributed by atoms with Gasteiger partial charge in [-0.25, -0.2) is 4.79 Å². The lowest BCUT2D eigenvalue weighted by atomic mass is 9.89. The third-order valence-electron chi connectivity index (χ3n) is 4.60. The Morgan fingerprint density at radius 3 is 2.66 bits per heavy atom. The normalized spacial score (nSPS) is 15.6. The molecule has 1 unspecified atom stereocenters. The highest BCUT2D eigenvalue weighted by Gasteiger charge is 2.35. The molecule has 6 nitrogen and oxygen atoms in total. The first-order chi connectivity index (χ1) is 13.6. The lowest BCUT2D eigenvalue weighted by molar-refractivity contribution is 0.0481. The first kappa shape index (κ1) is 21.0. The van der Waals surface area contributed by atoms with Crippen molar-refractivity contribution < 1.29 is 14.3 Å². The summed E-state index contributed by atoms with van der Waals surface area (Å²) in [5.41, 5.74) is 6.46. The lowest BCUT2D eigenvalue weighted by Crippen LogP contribution is -2.46. The number of carbonyl (C=O) groups is 1. The van der Waals surface area contributed by atoms with Crippen molar-refractivity contribution in [3.05, 3.63) is 57.7 Å². The van der Waals surface area contributed by atoms with Gasteiger partial charge >= 0.3 is 6.09 Å². The lowest BCUT2D eigenvalue weighted by Gasteiger charge is -2.33. The SMILES string of the molecule is CCCC1=C(N)Nc2cc(C(C)(NC(=O)OC(C)(C)C)c3cccs3)ccc2O1. The molecule has 0 aliphatic carbocycles. The molecule has 2 heterocycles. The van der Waals surface area contributed by atoms with E-state index in [-0.39, 0.29) is 0 Å². The van der Waals surface area contributed by atoms with Gasteiger partial charge in [-0.05, 0) is 63.3 Å². The van der Waals surface area contributed by atoms with Gasteiger partial charge in [0.1, 0.15) is 22.7 Å². The summed E-state index contributed by atoms with van der Waals surface area (Å²) in [7, 11) is 0. The molecule has 0 bridgehead atoms. The molecule has 1 amide bonds. The Kier molecular flexibility index (Phi) is 5.80. The van der Waals surface area contributed by atoms with Crippen molar-refractivity contribution in [2.75, 3.05) is 5.32 Å². The number of hydrogen-bond donors (Lipinski definition) is 3. The van der Waals surface area contributed by atoms with Gasteiger partial charge in [0.05, 0.1) is 5.69 Å². The second-order valence-electron chi connectivity index (χ2n) is 8.25. The van der Waals surface area contributed by atoms with Crippen molar-refractivity contribution in [2.24, 2.45) is 5.73 Å². The zero-order valence-electron chi connectivity index (χ0n) is 17.6. The van der Waals surface area contributed by atoms with Crippen LogP contribution in [0.25, 0.3) is 0 Å². The van der Waals surface area contributed by atoms with Crippen LogP contribution < -0.4 is 21.1 Å². The maximum Gasteiger partial charge on any atom is 0.408 e. The standard InChI is InChI=1S/C22H29N3O3S/c1-6-8-17-19(23)24-15-13-14(10-11-16(15)27-17)22(5,18-9-7-12-29-18)25-20(26)28-21(2,3)4/h7,9-13,24H,6,8,23H2,1-5H3,(H,25,26). The summed E-state index contributed by atoms with van der Waals surface area (Å²) in [6.07, 6.45) is 1.24. The number of ether oxygens (including phenoxy) is 2. The molecule has 1 atom stereocenters. The van der Waals surface area contributed by atoms with Crippen LogP contribution in [0, 0.1) is 0 Å². The summed E-state index contributed by atoms with van der Waals surface area (Å²) in [5, 5.41) is 8.28. The van der Waals surface area contributed by atoms with E-state index in [0.717, 1.165) is 40.5 Å². The highest BCUT2D eigenvalue weighted by atomic mass is 32.1. The molecule has 1 aliphatic heterocycles. The first-order valence-electron chi connectivity index (χ1n) is 9.75. The Morgan fingerprint density at radius 1 is 1.28 bits per heavy atom. The minimum Gasteiger partial charge on any atom is -0.456 e. The number of rotatable bonds is 5. The smallest absolute Gasteiger partial charge is 0.408 e. The number of thiophene rings is 1. The van der Waals surface area contributed by atoms with Gasteiger partial charge in [0.2, 0.25) is 0 Å². The summed E-state index contributed by atoms with van der Waals surface area (Å²) >= 11 is 1.57. The average molecular weight is 416 g/mol. The molecule has 1 aromatic heterocycles. The van der Waals surface area contributed by atoms with Crippen molar-refractivity contribution >= 4 is 23.1 Å². The number of hydrogen-bond acceptors (Lipinski definition) is 6. The van der Waals surface area contributed by atoms with Gasteiger partial charge in [0.25, 0.3) is 0 Å². The molecule has 156 valence electrons. The molecule has 1 aromatic carbocycles. The van der Waals surface area contributed by atoms with E-state index in [4.69, 9.17) is 15.2 Å². The van der Waals surface area contributed by atoms with E-state index in [9.17, 15) is 4.79 Å². The minimum absolute atomic E-state index is 0.472.